The van der Waals surface area contributed by atoms with Crippen LogP contribution in [0.2, 0.25) is 0 Å². The van der Waals surface area contributed by atoms with Gasteiger partial charge in [0.25, 0.3) is 5.56 Å². The van der Waals surface area contributed by atoms with Crippen molar-refractivity contribution in [3.05, 3.63) is 46.8 Å². The molecule has 2 heterocycles. The number of carbonyl (C=O) groups is 1. The predicted molar refractivity (Wildman–Crippen MR) is 92.7 cm³/mol. The SMILES string of the molecule is Cn1nc(-c2ccc(OCC3CCN(C(=O)O)CC3)cc2)ccc1=O. The molecule has 3 rings (SSSR count). The summed E-state index contributed by atoms with van der Waals surface area (Å²) in [7, 11) is 1.62. The summed E-state index contributed by atoms with van der Waals surface area (Å²) in [6.07, 6.45) is 0.806. The summed E-state index contributed by atoms with van der Waals surface area (Å²) in [5.74, 6) is 1.15. The van der Waals surface area contributed by atoms with Crippen molar-refractivity contribution in [1.29, 1.82) is 0 Å². The minimum Gasteiger partial charge on any atom is -0.493 e. The Labute approximate surface area is 145 Å². The molecule has 1 aromatic carbocycles. The van der Waals surface area contributed by atoms with Crippen LogP contribution in [0.15, 0.2) is 41.2 Å². The van der Waals surface area contributed by atoms with E-state index >= 15 is 0 Å². The van der Waals surface area contributed by atoms with Gasteiger partial charge in [0.05, 0.1) is 12.3 Å². The van der Waals surface area contributed by atoms with Crippen LogP contribution in [-0.4, -0.2) is 45.6 Å². The molecule has 0 unspecified atom stereocenters. The Kier molecular flexibility index (Phi) is 5.02. The van der Waals surface area contributed by atoms with Crippen molar-refractivity contribution in [2.75, 3.05) is 19.7 Å². The van der Waals surface area contributed by atoms with Gasteiger partial charge in [-0.15, -0.1) is 0 Å². The molecule has 1 amide bonds. The third-order valence-electron chi connectivity index (χ3n) is 4.48. The van der Waals surface area contributed by atoms with E-state index in [2.05, 4.69) is 5.10 Å². The molecule has 1 aromatic heterocycles. The lowest BCUT2D eigenvalue weighted by molar-refractivity contribution is 0.111. The van der Waals surface area contributed by atoms with Crippen LogP contribution in [-0.2, 0) is 7.05 Å². The largest absolute Gasteiger partial charge is 0.493 e. The van der Waals surface area contributed by atoms with E-state index in [-0.39, 0.29) is 5.56 Å². The van der Waals surface area contributed by atoms with Gasteiger partial charge in [-0.2, -0.15) is 5.10 Å². The quantitative estimate of drug-likeness (QED) is 0.920. The van der Waals surface area contributed by atoms with Crippen molar-refractivity contribution in [2.45, 2.75) is 12.8 Å². The number of aromatic nitrogens is 2. The summed E-state index contributed by atoms with van der Waals surface area (Å²) in [4.78, 5) is 23.7. The number of aryl methyl sites for hydroxylation is 1. The van der Waals surface area contributed by atoms with Gasteiger partial charge in [0, 0.05) is 31.8 Å². The minimum absolute atomic E-state index is 0.141. The van der Waals surface area contributed by atoms with E-state index in [9.17, 15) is 9.59 Å². The molecule has 0 atom stereocenters. The van der Waals surface area contributed by atoms with Crippen molar-refractivity contribution < 1.29 is 14.6 Å². The molecule has 0 spiro atoms. The van der Waals surface area contributed by atoms with E-state index in [1.165, 1.54) is 15.6 Å². The van der Waals surface area contributed by atoms with Crippen molar-refractivity contribution in [2.24, 2.45) is 13.0 Å². The third-order valence-corrected chi connectivity index (χ3v) is 4.48. The second-order valence-corrected chi connectivity index (χ2v) is 6.23. The fourth-order valence-corrected chi connectivity index (χ4v) is 2.88. The molecule has 1 saturated heterocycles. The molecule has 132 valence electrons. The highest BCUT2D eigenvalue weighted by atomic mass is 16.5. The molecule has 0 radical (unpaired) electrons. The first-order valence-electron chi connectivity index (χ1n) is 8.28. The van der Waals surface area contributed by atoms with E-state index in [4.69, 9.17) is 9.84 Å². The minimum atomic E-state index is -0.845. The molecule has 1 aliphatic rings. The first-order chi connectivity index (χ1) is 12.0. The number of rotatable bonds is 4. The molecule has 1 fully saturated rings. The molecule has 7 nitrogen and oxygen atoms in total. The van der Waals surface area contributed by atoms with Crippen LogP contribution in [0.1, 0.15) is 12.8 Å². The second kappa shape index (κ2) is 7.38. The Bertz CT molecular complexity index is 793. The molecule has 0 bridgehead atoms. The number of amides is 1. The van der Waals surface area contributed by atoms with Gasteiger partial charge >= 0.3 is 6.09 Å². The predicted octanol–water partition coefficient (Wildman–Crippen LogP) is 2.22. The summed E-state index contributed by atoms with van der Waals surface area (Å²) >= 11 is 0. The highest BCUT2D eigenvalue weighted by molar-refractivity contribution is 5.65. The normalized spacial score (nSPS) is 15.2. The Morgan fingerprint density at radius 2 is 1.88 bits per heavy atom. The van der Waals surface area contributed by atoms with E-state index < -0.39 is 6.09 Å². The molecule has 1 aliphatic heterocycles. The standard InChI is InChI=1S/C18H21N3O4/c1-20-17(22)7-6-16(19-20)14-2-4-15(5-3-14)25-12-13-8-10-21(11-9-13)18(23)24/h2-7,13H,8-12H2,1H3,(H,23,24). The number of hydrogen-bond acceptors (Lipinski definition) is 4. The molecule has 0 aliphatic carbocycles. The number of piperidine rings is 1. The van der Waals surface area contributed by atoms with E-state index in [1.807, 2.05) is 24.3 Å². The van der Waals surface area contributed by atoms with Crippen LogP contribution >= 0.6 is 0 Å². The van der Waals surface area contributed by atoms with E-state index in [0.29, 0.717) is 25.6 Å². The molecule has 0 saturated carbocycles. The first kappa shape index (κ1) is 17.0. The lowest BCUT2D eigenvalue weighted by Crippen LogP contribution is -2.38. The lowest BCUT2D eigenvalue weighted by atomic mass is 9.98. The Balaban J connectivity index is 1.55. The number of likely N-dealkylation sites (tertiary alicyclic amines) is 1. The number of benzene rings is 1. The monoisotopic (exact) mass is 343 g/mol. The summed E-state index contributed by atoms with van der Waals surface area (Å²) in [5.41, 5.74) is 1.50. The highest BCUT2D eigenvalue weighted by Crippen LogP contribution is 2.22. The number of hydrogen-bond donors (Lipinski definition) is 1. The second-order valence-electron chi connectivity index (χ2n) is 6.23. The van der Waals surface area contributed by atoms with Crippen molar-refractivity contribution in [3.63, 3.8) is 0 Å². The maximum atomic E-state index is 11.4. The molecular weight excluding hydrogens is 322 g/mol. The maximum Gasteiger partial charge on any atom is 0.407 e. The van der Waals surface area contributed by atoms with Crippen LogP contribution in [0.3, 0.4) is 0 Å². The number of ether oxygens (including phenoxy) is 1. The number of carboxylic acid groups (broad SMARTS) is 1. The van der Waals surface area contributed by atoms with Gasteiger partial charge in [0.1, 0.15) is 5.75 Å². The Morgan fingerprint density at radius 3 is 2.48 bits per heavy atom. The number of nitrogens with zero attached hydrogens (tertiary/aromatic N) is 3. The van der Waals surface area contributed by atoms with Crippen LogP contribution in [0.4, 0.5) is 4.79 Å². The Hall–Kier alpha value is -2.83. The third kappa shape index (κ3) is 4.17. The smallest absolute Gasteiger partial charge is 0.407 e. The van der Waals surface area contributed by atoms with Gasteiger partial charge in [0.15, 0.2) is 0 Å². The molecule has 25 heavy (non-hydrogen) atoms. The van der Waals surface area contributed by atoms with Crippen LogP contribution in [0.25, 0.3) is 11.3 Å². The van der Waals surface area contributed by atoms with Gasteiger partial charge < -0.3 is 14.7 Å². The zero-order valence-corrected chi connectivity index (χ0v) is 14.1. The van der Waals surface area contributed by atoms with Crippen LogP contribution < -0.4 is 10.3 Å². The molecule has 7 heteroatoms. The van der Waals surface area contributed by atoms with Gasteiger partial charge in [0.2, 0.25) is 0 Å². The van der Waals surface area contributed by atoms with Crippen LogP contribution in [0.5, 0.6) is 5.75 Å². The molecule has 1 N–H and O–H groups in total. The summed E-state index contributed by atoms with van der Waals surface area (Å²) in [6.45, 7) is 1.73. The lowest BCUT2D eigenvalue weighted by Gasteiger charge is -2.29. The molecule has 2 aromatic rings. The summed E-state index contributed by atoms with van der Waals surface area (Å²) < 4.78 is 7.14. The summed E-state index contributed by atoms with van der Waals surface area (Å²) in [6, 6.07) is 10.8. The maximum absolute atomic E-state index is 11.4. The van der Waals surface area contributed by atoms with Crippen molar-refractivity contribution >= 4 is 6.09 Å². The topological polar surface area (TPSA) is 84.7 Å². The van der Waals surface area contributed by atoms with Gasteiger partial charge in [-0.1, -0.05) is 0 Å². The van der Waals surface area contributed by atoms with Crippen molar-refractivity contribution in [3.8, 4) is 17.0 Å². The van der Waals surface area contributed by atoms with Gasteiger partial charge in [-0.05, 0) is 49.1 Å². The average molecular weight is 343 g/mol. The fraction of sp³-hybridized carbons (Fsp3) is 0.389. The van der Waals surface area contributed by atoms with E-state index in [0.717, 1.165) is 29.8 Å². The Morgan fingerprint density at radius 1 is 1.20 bits per heavy atom. The average Bonchev–Trinajstić information content (AvgIpc) is 2.63. The molecular formula is C18H21N3O4. The summed E-state index contributed by atoms with van der Waals surface area (Å²) in [5, 5.41) is 13.2. The first-order valence-corrected chi connectivity index (χ1v) is 8.28. The van der Waals surface area contributed by atoms with Crippen LogP contribution in [0, 0.1) is 5.92 Å². The zero-order valence-electron chi connectivity index (χ0n) is 14.1. The van der Waals surface area contributed by atoms with Crippen molar-refractivity contribution in [1.82, 2.24) is 14.7 Å². The van der Waals surface area contributed by atoms with Gasteiger partial charge in [-0.3, -0.25) is 4.79 Å². The fourth-order valence-electron chi connectivity index (χ4n) is 2.88. The van der Waals surface area contributed by atoms with E-state index in [1.54, 1.807) is 13.1 Å². The zero-order chi connectivity index (χ0) is 17.8. The highest BCUT2D eigenvalue weighted by Gasteiger charge is 2.22. The van der Waals surface area contributed by atoms with Gasteiger partial charge in [-0.25, -0.2) is 9.48 Å².